The Morgan fingerprint density at radius 1 is 1.43 bits per heavy atom. The summed E-state index contributed by atoms with van der Waals surface area (Å²) >= 11 is 3.62. The zero-order valence-corrected chi connectivity index (χ0v) is 10.3. The van der Waals surface area contributed by atoms with Crippen molar-refractivity contribution >= 4 is 15.9 Å². The van der Waals surface area contributed by atoms with E-state index in [4.69, 9.17) is 5.11 Å². The highest BCUT2D eigenvalue weighted by molar-refractivity contribution is 9.09. The van der Waals surface area contributed by atoms with Gasteiger partial charge >= 0.3 is 0 Å². The Morgan fingerprint density at radius 2 is 2.21 bits per heavy atom. The van der Waals surface area contributed by atoms with Gasteiger partial charge in [-0.15, -0.1) is 0 Å². The van der Waals surface area contributed by atoms with Crippen molar-refractivity contribution in [1.82, 2.24) is 4.90 Å². The highest BCUT2D eigenvalue weighted by Gasteiger charge is 2.43. The first-order valence-electron chi connectivity index (χ1n) is 5.67. The molecule has 1 aliphatic carbocycles. The molecule has 2 aliphatic rings. The molecule has 1 atom stereocenters. The van der Waals surface area contributed by atoms with Crippen LogP contribution >= 0.6 is 15.9 Å². The van der Waals surface area contributed by atoms with E-state index in [2.05, 4.69) is 20.8 Å². The first-order valence-corrected chi connectivity index (χ1v) is 6.79. The van der Waals surface area contributed by atoms with Gasteiger partial charge in [0.1, 0.15) is 0 Å². The number of hydrogen-bond donors (Lipinski definition) is 1. The van der Waals surface area contributed by atoms with E-state index in [1.807, 2.05) is 0 Å². The van der Waals surface area contributed by atoms with Gasteiger partial charge < -0.3 is 10.0 Å². The Labute approximate surface area is 94.8 Å². The third kappa shape index (κ3) is 2.50. The summed E-state index contributed by atoms with van der Waals surface area (Å²) in [5, 5.41) is 10.0. The van der Waals surface area contributed by atoms with E-state index < -0.39 is 0 Å². The minimum atomic E-state index is 0.363. The molecule has 0 spiro atoms. The van der Waals surface area contributed by atoms with E-state index in [-0.39, 0.29) is 0 Å². The molecule has 2 fully saturated rings. The van der Waals surface area contributed by atoms with Gasteiger partial charge in [0.05, 0.1) is 0 Å². The third-order valence-electron chi connectivity index (χ3n) is 3.71. The molecular formula is C11H20BrNO. The molecule has 1 heterocycles. The molecule has 0 aromatic carbocycles. The van der Waals surface area contributed by atoms with Crippen LogP contribution in [0.3, 0.4) is 0 Å². The van der Waals surface area contributed by atoms with Crippen LogP contribution in [0, 0.1) is 11.3 Å². The summed E-state index contributed by atoms with van der Waals surface area (Å²) in [5.41, 5.74) is 0.619. The second-order valence-corrected chi connectivity index (χ2v) is 5.60. The minimum Gasteiger partial charge on any atom is -0.396 e. The largest absolute Gasteiger partial charge is 0.396 e. The molecule has 0 amide bonds. The zero-order chi connectivity index (χ0) is 10.0. The summed E-state index contributed by atoms with van der Waals surface area (Å²) in [6.07, 6.45) is 5.09. The Morgan fingerprint density at radius 3 is 2.79 bits per heavy atom. The number of rotatable bonds is 5. The number of nitrogens with zero attached hydrogens (tertiary/aromatic N) is 1. The van der Waals surface area contributed by atoms with Crippen molar-refractivity contribution in [3.63, 3.8) is 0 Å². The van der Waals surface area contributed by atoms with Crippen molar-refractivity contribution in [3.8, 4) is 0 Å². The Balaban J connectivity index is 1.73. The lowest BCUT2D eigenvalue weighted by molar-refractivity contribution is 0.239. The van der Waals surface area contributed by atoms with Crippen molar-refractivity contribution in [2.45, 2.75) is 25.7 Å². The fourth-order valence-electron chi connectivity index (χ4n) is 2.46. The van der Waals surface area contributed by atoms with Gasteiger partial charge in [-0.05, 0) is 43.6 Å². The van der Waals surface area contributed by atoms with Crippen LogP contribution < -0.4 is 0 Å². The SMILES string of the molecule is OCCC1CCN(CC2(CBr)CC2)C1. The third-order valence-corrected chi connectivity index (χ3v) is 4.90. The molecule has 1 saturated carbocycles. The number of alkyl halides is 1. The summed E-state index contributed by atoms with van der Waals surface area (Å²) in [6, 6.07) is 0. The molecule has 0 aromatic rings. The predicted molar refractivity (Wildman–Crippen MR) is 61.7 cm³/mol. The van der Waals surface area contributed by atoms with E-state index in [9.17, 15) is 0 Å². The van der Waals surface area contributed by atoms with Crippen molar-refractivity contribution in [1.29, 1.82) is 0 Å². The first kappa shape index (κ1) is 10.9. The van der Waals surface area contributed by atoms with E-state index in [0.717, 1.165) is 12.3 Å². The summed E-state index contributed by atoms with van der Waals surface area (Å²) < 4.78 is 0. The molecule has 1 unspecified atom stereocenters. The van der Waals surface area contributed by atoms with Crippen molar-refractivity contribution in [3.05, 3.63) is 0 Å². The second-order valence-electron chi connectivity index (χ2n) is 5.04. The van der Waals surface area contributed by atoms with Crippen LogP contribution in [-0.2, 0) is 0 Å². The fraction of sp³-hybridized carbons (Fsp3) is 1.00. The van der Waals surface area contributed by atoms with Gasteiger partial charge in [-0.1, -0.05) is 15.9 Å². The van der Waals surface area contributed by atoms with Gasteiger partial charge in [-0.2, -0.15) is 0 Å². The molecule has 0 aromatic heterocycles. The maximum absolute atomic E-state index is 8.88. The van der Waals surface area contributed by atoms with E-state index in [0.29, 0.717) is 12.0 Å². The molecule has 2 nitrogen and oxygen atoms in total. The van der Waals surface area contributed by atoms with Gasteiger partial charge in [0.25, 0.3) is 0 Å². The number of aliphatic hydroxyl groups is 1. The van der Waals surface area contributed by atoms with Gasteiger partial charge in [-0.25, -0.2) is 0 Å². The monoisotopic (exact) mass is 261 g/mol. The molecule has 1 N–H and O–H groups in total. The summed E-state index contributed by atoms with van der Waals surface area (Å²) in [6.45, 7) is 4.11. The van der Waals surface area contributed by atoms with Crippen molar-refractivity contribution in [2.24, 2.45) is 11.3 Å². The highest BCUT2D eigenvalue weighted by atomic mass is 79.9. The number of likely N-dealkylation sites (tertiary alicyclic amines) is 1. The van der Waals surface area contributed by atoms with Crippen LogP contribution in [0.5, 0.6) is 0 Å². The van der Waals surface area contributed by atoms with Crippen LogP contribution in [0.1, 0.15) is 25.7 Å². The highest BCUT2D eigenvalue weighted by Crippen LogP contribution is 2.48. The number of aliphatic hydroxyl groups excluding tert-OH is 1. The topological polar surface area (TPSA) is 23.5 Å². The standard InChI is InChI=1S/C11H20BrNO/c12-8-11(3-4-11)9-13-5-1-10(7-13)2-6-14/h10,14H,1-9H2. The molecule has 0 radical (unpaired) electrons. The lowest BCUT2D eigenvalue weighted by atomic mass is 10.1. The van der Waals surface area contributed by atoms with E-state index in [1.54, 1.807) is 0 Å². The van der Waals surface area contributed by atoms with Gasteiger partial charge in [-0.3, -0.25) is 0 Å². The predicted octanol–water partition coefficient (Wildman–Crippen LogP) is 1.87. The molecule has 2 rings (SSSR count). The second kappa shape index (κ2) is 4.50. The van der Waals surface area contributed by atoms with Crippen LogP contribution in [0.25, 0.3) is 0 Å². The quantitative estimate of drug-likeness (QED) is 0.764. The van der Waals surface area contributed by atoms with E-state index >= 15 is 0 Å². The molecule has 14 heavy (non-hydrogen) atoms. The van der Waals surface area contributed by atoms with Crippen molar-refractivity contribution in [2.75, 3.05) is 31.6 Å². The van der Waals surface area contributed by atoms with Gasteiger partial charge in [0.2, 0.25) is 0 Å². The summed E-state index contributed by atoms with van der Waals surface area (Å²) in [5.74, 6) is 0.756. The Bertz CT molecular complexity index is 194. The number of halogens is 1. The summed E-state index contributed by atoms with van der Waals surface area (Å²) in [7, 11) is 0. The van der Waals surface area contributed by atoms with Crippen LogP contribution in [0.15, 0.2) is 0 Å². The van der Waals surface area contributed by atoms with Crippen LogP contribution in [0.4, 0.5) is 0 Å². The molecule has 82 valence electrons. The van der Waals surface area contributed by atoms with E-state index in [1.165, 1.54) is 44.2 Å². The molecule has 1 saturated heterocycles. The lowest BCUT2D eigenvalue weighted by Gasteiger charge is -2.21. The molecule has 0 bridgehead atoms. The molecule has 1 aliphatic heterocycles. The van der Waals surface area contributed by atoms with Crippen molar-refractivity contribution < 1.29 is 5.11 Å². The molecule has 3 heteroatoms. The zero-order valence-electron chi connectivity index (χ0n) is 8.71. The average molecular weight is 262 g/mol. The summed E-state index contributed by atoms with van der Waals surface area (Å²) in [4.78, 5) is 2.59. The lowest BCUT2D eigenvalue weighted by Crippen LogP contribution is -2.29. The Kier molecular flexibility index (Phi) is 3.50. The smallest absolute Gasteiger partial charge is 0.0434 e. The molecular weight excluding hydrogens is 242 g/mol. The fourth-order valence-corrected chi connectivity index (χ4v) is 3.20. The first-order chi connectivity index (χ1) is 6.78. The van der Waals surface area contributed by atoms with Crippen LogP contribution in [0.2, 0.25) is 0 Å². The van der Waals surface area contributed by atoms with Gasteiger partial charge in [0, 0.05) is 25.0 Å². The van der Waals surface area contributed by atoms with Gasteiger partial charge in [0.15, 0.2) is 0 Å². The average Bonchev–Trinajstić information content (AvgIpc) is 2.82. The maximum atomic E-state index is 8.88. The minimum absolute atomic E-state index is 0.363. The Hall–Kier alpha value is 0.400. The normalized spacial score (nSPS) is 30.9. The number of hydrogen-bond acceptors (Lipinski definition) is 2. The van der Waals surface area contributed by atoms with Crippen LogP contribution in [-0.4, -0.2) is 41.6 Å². The maximum Gasteiger partial charge on any atom is 0.0434 e.